The van der Waals surface area contributed by atoms with Gasteiger partial charge in [-0.15, -0.1) is 0 Å². The average molecular weight is 385 g/mol. The Morgan fingerprint density at radius 1 is 1.21 bits per heavy atom. The molecule has 0 radical (unpaired) electrons. The molecule has 0 heterocycles. The highest BCUT2D eigenvalue weighted by Gasteiger charge is 2.02. The highest BCUT2D eigenvalue weighted by Crippen LogP contribution is 2.09. The molecule has 0 bridgehead atoms. The molecule has 1 amide bonds. The first kappa shape index (κ1) is 14.0. The van der Waals surface area contributed by atoms with Gasteiger partial charge in [0.05, 0.1) is 6.21 Å². The summed E-state index contributed by atoms with van der Waals surface area (Å²) in [5.74, 6) is -0.265. The molecule has 0 aromatic heterocycles. The molecule has 0 saturated carbocycles. The number of halogens is 2. The second-order valence-electron chi connectivity index (χ2n) is 3.76. The zero-order chi connectivity index (χ0) is 13.7. The van der Waals surface area contributed by atoms with E-state index in [1.807, 2.05) is 24.3 Å². The van der Waals surface area contributed by atoms with E-state index in [0.29, 0.717) is 10.6 Å². The quantitative estimate of drug-likeness (QED) is 0.489. The zero-order valence-corrected chi connectivity index (χ0v) is 12.7. The van der Waals surface area contributed by atoms with Crippen molar-refractivity contribution in [2.24, 2.45) is 5.10 Å². The van der Waals surface area contributed by atoms with Crippen molar-refractivity contribution in [1.82, 2.24) is 5.43 Å². The van der Waals surface area contributed by atoms with Gasteiger partial charge in [0.15, 0.2) is 0 Å². The van der Waals surface area contributed by atoms with E-state index < -0.39 is 0 Å². The summed E-state index contributed by atoms with van der Waals surface area (Å²) in [6.45, 7) is 0. The number of carbonyl (C=O) groups is 1. The first-order chi connectivity index (χ1) is 9.15. The van der Waals surface area contributed by atoms with Crippen LogP contribution < -0.4 is 5.43 Å². The summed E-state index contributed by atoms with van der Waals surface area (Å²) in [7, 11) is 0. The monoisotopic (exact) mass is 384 g/mol. The molecule has 0 spiro atoms. The minimum absolute atomic E-state index is 0.265. The highest BCUT2D eigenvalue weighted by molar-refractivity contribution is 14.1. The van der Waals surface area contributed by atoms with Gasteiger partial charge in [-0.1, -0.05) is 23.7 Å². The van der Waals surface area contributed by atoms with Gasteiger partial charge >= 0.3 is 0 Å². The highest BCUT2D eigenvalue weighted by atomic mass is 127. The molecule has 0 fully saturated rings. The van der Waals surface area contributed by atoms with E-state index in [-0.39, 0.29) is 5.91 Å². The Morgan fingerprint density at radius 2 is 1.95 bits per heavy atom. The number of carbonyl (C=O) groups excluding carboxylic acids is 1. The third-order valence-electron chi connectivity index (χ3n) is 2.33. The van der Waals surface area contributed by atoms with Crippen LogP contribution in [0.1, 0.15) is 15.9 Å². The molecule has 19 heavy (non-hydrogen) atoms. The maximum Gasteiger partial charge on any atom is 0.271 e. The van der Waals surface area contributed by atoms with E-state index in [0.717, 1.165) is 9.13 Å². The maximum atomic E-state index is 11.7. The van der Waals surface area contributed by atoms with Crippen molar-refractivity contribution in [3.63, 3.8) is 0 Å². The fourth-order valence-electron chi connectivity index (χ4n) is 1.42. The Labute approximate surface area is 129 Å². The van der Waals surface area contributed by atoms with Crippen molar-refractivity contribution in [1.29, 1.82) is 0 Å². The lowest BCUT2D eigenvalue weighted by Gasteiger charge is -1.99. The predicted octanol–water partition coefficient (Wildman–Crippen LogP) is 3.71. The van der Waals surface area contributed by atoms with Crippen molar-refractivity contribution in [3.05, 3.63) is 68.3 Å². The van der Waals surface area contributed by atoms with E-state index >= 15 is 0 Å². The number of rotatable bonds is 3. The van der Waals surface area contributed by atoms with Crippen molar-refractivity contribution >= 4 is 46.3 Å². The summed E-state index contributed by atoms with van der Waals surface area (Å²) >= 11 is 7.97. The number of benzene rings is 2. The van der Waals surface area contributed by atoms with Crippen LogP contribution in [-0.4, -0.2) is 12.1 Å². The lowest BCUT2D eigenvalue weighted by molar-refractivity contribution is 0.0955. The van der Waals surface area contributed by atoms with Crippen LogP contribution in [0.25, 0.3) is 0 Å². The van der Waals surface area contributed by atoms with Crippen molar-refractivity contribution in [2.45, 2.75) is 0 Å². The largest absolute Gasteiger partial charge is 0.271 e. The smallest absolute Gasteiger partial charge is 0.267 e. The minimum Gasteiger partial charge on any atom is -0.267 e. The SMILES string of the molecule is O=C(N/N=C\c1cccc(I)c1)c1ccc(Cl)cc1. The lowest BCUT2D eigenvalue weighted by atomic mass is 10.2. The predicted molar refractivity (Wildman–Crippen MR) is 85.7 cm³/mol. The number of nitrogens with zero attached hydrogens (tertiary/aromatic N) is 1. The van der Waals surface area contributed by atoms with Crippen molar-refractivity contribution in [2.75, 3.05) is 0 Å². The lowest BCUT2D eigenvalue weighted by Crippen LogP contribution is -2.17. The Morgan fingerprint density at radius 3 is 2.63 bits per heavy atom. The number of amides is 1. The third-order valence-corrected chi connectivity index (χ3v) is 3.26. The van der Waals surface area contributed by atoms with Crippen molar-refractivity contribution < 1.29 is 4.79 Å². The summed E-state index contributed by atoms with van der Waals surface area (Å²) in [4.78, 5) is 11.7. The van der Waals surface area contributed by atoms with E-state index in [9.17, 15) is 4.79 Å². The van der Waals surface area contributed by atoms with Crippen LogP contribution in [0, 0.1) is 3.57 Å². The molecule has 96 valence electrons. The summed E-state index contributed by atoms with van der Waals surface area (Å²) in [6, 6.07) is 14.4. The number of hydrogen-bond donors (Lipinski definition) is 1. The van der Waals surface area contributed by atoms with Gasteiger partial charge in [0.25, 0.3) is 5.91 Å². The number of nitrogens with one attached hydrogen (secondary N) is 1. The molecule has 2 aromatic rings. The molecule has 5 heteroatoms. The van der Waals surface area contributed by atoms with Gasteiger partial charge in [-0.05, 0) is 64.6 Å². The summed E-state index contributed by atoms with van der Waals surface area (Å²) in [5.41, 5.74) is 3.92. The van der Waals surface area contributed by atoms with Crippen LogP contribution in [0.4, 0.5) is 0 Å². The summed E-state index contributed by atoms with van der Waals surface area (Å²) in [5, 5.41) is 4.52. The topological polar surface area (TPSA) is 41.5 Å². The van der Waals surface area contributed by atoms with Crippen LogP contribution >= 0.6 is 34.2 Å². The first-order valence-electron chi connectivity index (χ1n) is 5.50. The second kappa shape index (κ2) is 6.68. The van der Waals surface area contributed by atoms with Gasteiger partial charge in [0.1, 0.15) is 0 Å². The van der Waals surface area contributed by atoms with Gasteiger partial charge in [0, 0.05) is 14.2 Å². The van der Waals surface area contributed by atoms with E-state index in [1.165, 1.54) is 0 Å². The Kier molecular flexibility index (Phi) is 4.93. The Bertz CT molecular complexity index is 611. The molecular weight excluding hydrogens is 375 g/mol. The third kappa shape index (κ3) is 4.33. The molecule has 2 rings (SSSR count). The minimum atomic E-state index is -0.265. The van der Waals surface area contributed by atoms with Gasteiger partial charge in [0.2, 0.25) is 0 Å². The normalized spacial score (nSPS) is 10.6. The molecule has 0 aliphatic carbocycles. The molecule has 1 N–H and O–H groups in total. The Balaban J connectivity index is 1.98. The van der Waals surface area contributed by atoms with Crippen LogP contribution in [-0.2, 0) is 0 Å². The zero-order valence-electron chi connectivity index (χ0n) is 9.81. The van der Waals surface area contributed by atoms with Crippen LogP contribution in [0.15, 0.2) is 53.6 Å². The second-order valence-corrected chi connectivity index (χ2v) is 5.44. The first-order valence-corrected chi connectivity index (χ1v) is 6.95. The van der Waals surface area contributed by atoms with Crippen LogP contribution in [0.3, 0.4) is 0 Å². The summed E-state index contributed by atoms with van der Waals surface area (Å²) < 4.78 is 1.12. The molecule has 0 saturated heterocycles. The molecule has 0 aliphatic heterocycles. The average Bonchev–Trinajstić information content (AvgIpc) is 2.39. The van der Waals surface area contributed by atoms with Gasteiger partial charge in [-0.3, -0.25) is 4.79 Å². The van der Waals surface area contributed by atoms with E-state index in [1.54, 1.807) is 30.5 Å². The van der Waals surface area contributed by atoms with Gasteiger partial charge in [-0.2, -0.15) is 5.10 Å². The molecular formula is C14H10ClIN2O. The van der Waals surface area contributed by atoms with Gasteiger partial charge < -0.3 is 0 Å². The van der Waals surface area contributed by atoms with Crippen LogP contribution in [0.2, 0.25) is 5.02 Å². The maximum absolute atomic E-state index is 11.7. The van der Waals surface area contributed by atoms with E-state index in [2.05, 4.69) is 33.1 Å². The molecule has 0 atom stereocenters. The molecule has 0 unspecified atom stereocenters. The number of hydrogen-bond acceptors (Lipinski definition) is 2. The van der Waals surface area contributed by atoms with Crippen molar-refractivity contribution in [3.8, 4) is 0 Å². The fraction of sp³-hybridized carbons (Fsp3) is 0. The fourth-order valence-corrected chi connectivity index (χ4v) is 2.11. The number of hydrazone groups is 1. The molecule has 2 aromatic carbocycles. The molecule has 3 nitrogen and oxygen atoms in total. The summed E-state index contributed by atoms with van der Waals surface area (Å²) in [6.07, 6.45) is 1.61. The van der Waals surface area contributed by atoms with Crippen LogP contribution in [0.5, 0.6) is 0 Å². The Hall–Kier alpha value is -1.40. The molecule has 0 aliphatic rings. The van der Waals surface area contributed by atoms with E-state index in [4.69, 9.17) is 11.6 Å². The van der Waals surface area contributed by atoms with Gasteiger partial charge in [-0.25, -0.2) is 5.43 Å². The standard InChI is InChI=1S/C14H10ClIN2O/c15-12-6-4-11(5-7-12)14(19)18-17-9-10-2-1-3-13(16)8-10/h1-9H,(H,18,19)/b17-9-.